The smallest absolute Gasteiger partial charge is 0.252 e. The van der Waals surface area contributed by atoms with Crippen molar-refractivity contribution < 1.29 is 0 Å². The zero-order valence-electron chi connectivity index (χ0n) is 43.5. The minimum Gasteiger partial charge on any atom is -0.334 e. The van der Waals surface area contributed by atoms with E-state index in [0.29, 0.717) is 0 Å². The first-order chi connectivity index (χ1) is 32.1. The van der Waals surface area contributed by atoms with Crippen molar-refractivity contribution in [1.29, 1.82) is 0 Å². The van der Waals surface area contributed by atoms with Crippen molar-refractivity contribution in [3.8, 4) is 0 Å². The lowest BCUT2D eigenvalue weighted by Crippen LogP contribution is -2.62. The maximum Gasteiger partial charge on any atom is 0.252 e. The summed E-state index contributed by atoms with van der Waals surface area (Å²) >= 11 is 0. The monoisotopic (exact) mass is 896 g/mol. The highest BCUT2D eigenvalue weighted by Crippen LogP contribution is 2.62. The van der Waals surface area contributed by atoms with Crippen molar-refractivity contribution in [2.24, 2.45) is 0 Å². The van der Waals surface area contributed by atoms with Crippen molar-refractivity contribution in [1.82, 2.24) is 0 Å². The topological polar surface area (TPSA) is 9.72 Å². The maximum atomic E-state index is 2.84. The Hall–Kier alpha value is -5.22. The summed E-state index contributed by atoms with van der Waals surface area (Å²) in [5.74, 6) is 0. The van der Waals surface area contributed by atoms with Crippen LogP contribution in [0.3, 0.4) is 0 Å². The minimum atomic E-state index is -0.109. The first-order valence-corrected chi connectivity index (χ1v) is 26.3. The number of hydrogen-bond acceptors (Lipinski definition) is 3. The Morgan fingerprint density at radius 1 is 0.412 bits per heavy atom. The number of anilines is 8. The summed E-state index contributed by atoms with van der Waals surface area (Å²) in [5.41, 5.74) is 23.9. The van der Waals surface area contributed by atoms with Crippen LogP contribution in [0.5, 0.6) is 0 Å². The number of fused-ring (bicyclic) bond motifs is 9. The van der Waals surface area contributed by atoms with E-state index in [0.717, 1.165) is 6.42 Å². The number of hydrogen-bond donors (Lipinski definition) is 0. The van der Waals surface area contributed by atoms with Crippen LogP contribution in [0.25, 0.3) is 0 Å². The second-order valence-corrected chi connectivity index (χ2v) is 26.2. The van der Waals surface area contributed by atoms with Gasteiger partial charge in [-0.3, -0.25) is 0 Å². The Labute approximate surface area is 409 Å². The normalized spacial score (nSPS) is 24.2. The lowest BCUT2D eigenvalue weighted by atomic mass is 9.33. The molecule has 6 aliphatic rings. The van der Waals surface area contributed by atoms with E-state index >= 15 is 0 Å². The van der Waals surface area contributed by atoms with Gasteiger partial charge in [-0.05, 0) is 177 Å². The van der Waals surface area contributed by atoms with Crippen molar-refractivity contribution >= 4 is 68.6 Å². The van der Waals surface area contributed by atoms with Gasteiger partial charge in [0.25, 0.3) is 6.71 Å². The summed E-state index contributed by atoms with van der Waals surface area (Å²) in [5, 5.41) is 0. The van der Waals surface area contributed by atoms with Gasteiger partial charge in [-0.2, -0.15) is 0 Å². The fraction of sp³-hybridized carbons (Fsp3) is 0.438. The van der Waals surface area contributed by atoms with Gasteiger partial charge >= 0.3 is 0 Å². The molecule has 4 heteroatoms. The second kappa shape index (κ2) is 14.2. The van der Waals surface area contributed by atoms with Gasteiger partial charge in [0, 0.05) is 50.9 Å². The quantitative estimate of drug-likeness (QED) is 0.164. The summed E-state index contributed by atoms with van der Waals surface area (Å²) in [6, 6.07) is 46.4. The first kappa shape index (κ1) is 44.0. The van der Waals surface area contributed by atoms with Gasteiger partial charge < -0.3 is 14.7 Å². The van der Waals surface area contributed by atoms with Gasteiger partial charge in [-0.25, -0.2) is 0 Å². The highest BCUT2D eigenvalue weighted by molar-refractivity contribution is 7.00. The summed E-state index contributed by atoms with van der Waals surface area (Å²) in [6.07, 6.45) is 9.61. The summed E-state index contributed by atoms with van der Waals surface area (Å²) < 4.78 is 0. The van der Waals surface area contributed by atoms with Crippen LogP contribution < -0.4 is 31.1 Å². The van der Waals surface area contributed by atoms with Crippen LogP contribution in [0.1, 0.15) is 175 Å². The van der Waals surface area contributed by atoms with E-state index in [9.17, 15) is 0 Å². The predicted molar refractivity (Wildman–Crippen MR) is 293 cm³/mol. The van der Waals surface area contributed by atoms with Crippen molar-refractivity contribution in [3.05, 3.63) is 149 Å². The molecule has 0 amide bonds. The van der Waals surface area contributed by atoms with Crippen LogP contribution in [0, 0.1) is 0 Å². The third kappa shape index (κ3) is 6.03. The molecule has 2 unspecified atom stereocenters. The third-order valence-corrected chi connectivity index (χ3v) is 19.3. The lowest BCUT2D eigenvalue weighted by molar-refractivity contribution is 0.195. The maximum absolute atomic E-state index is 2.84. The zero-order valence-corrected chi connectivity index (χ0v) is 43.5. The first-order valence-electron chi connectivity index (χ1n) is 26.3. The van der Waals surface area contributed by atoms with Crippen molar-refractivity contribution in [2.75, 3.05) is 14.7 Å². The van der Waals surface area contributed by atoms with Gasteiger partial charge in [-0.1, -0.05) is 157 Å². The number of nitrogens with zero attached hydrogens (tertiary/aromatic N) is 3. The standard InChI is InChI=1S/C64H74BN3/c1-58(2,3)41-25-28-52-49(35-41)63(12)29-19-20-30-64(63,13)68(52)44-37-55-57-56(38-44)67(43-26-27-45-46(36-43)60(6,7)32-31-59(45,4)5)54-40-48-47(61(8,9)33-34-62(48,10)11)39-51(54)65(57)50-23-17-18-24-53(50)66(55)42-21-15-14-16-22-42/h14-18,21-28,35-40H,19-20,29-34H2,1-13H3. The SMILES string of the molecule is CC(C)(C)c1ccc2c(c1)C1(C)CCCCC1(C)N2c1cc2c3c(c1)N(c1ccc4c(c1)C(C)(C)CCC4(C)C)c1cc4c(cc1B3c1ccccc1N2c1ccccc1)C(C)(C)CCC4(C)C. The van der Waals surface area contributed by atoms with E-state index in [-0.39, 0.29) is 44.7 Å². The molecule has 0 radical (unpaired) electrons. The van der Waals surface area contributed by atoms with Gasteiger partial charge in [0.05, 0.1) is 5.54 Å². The Kier molecular flexibility index (Phi) is 9.19. The number of rotatable bonds is 3. The average molecular weight is 896 g/mol. The average Bonchev–Trinajstić information content (AvgIpc) is 3.51. The largest absolute Gasteiger partial charge is 0.334 e. The molecule has 68 heavy (non-hydrogen) atoms. The van der Waals surface area contributed by atoms with Crippen molar-refractivity contribution in [2.45, 2.75) is 179 Å². The van der Waals surface area contributed by atoms with Crippen molar-refractivity contribution in [3.63, 3.8) is 0 Å². The molecule has 0 N–H and O–H groups in total. The highest BCUT2D eigenvalue weighted by atomic mass is 15.3. The fourth-order valence-electron chi connectivity index (χ4n) is 14.6. The molecule has 0 aromatic heterocycles. The molecule has 2 atom stereocenters. The molecule has 6 aromatic rings. The van der Waals surface area contributed by atoms with Gasteiger partial charge in [0.15, 0.2) is 0 Å². The summed E-state index contributed by atoms with van der Waals surface area (Å²) in [4.78, 5) is 8.21. The Morgan fingerprint density at radius 3 is 1.65 bits per heavy atom. The molecule has 3 heterocycles. The third-order valence-electron chi connectivity index (χ3n) is 19.3. The highest BCUT2D eigenvalue weighted by Gasteiger charge is 2.58. The van der Waals surface area contributed by atoms with Gasteiger partial charge in [-0.15, -0.1) is 0 Å². The molecule has 12 rings (SSSR count). The summed E-state index contributed by atoms with van der Waals surface area (Å²) in [7, 11) is 0. The molecule has 3 aliphatic carbocycles. The molecular formula is C64H74BN3. The van der Waals surface area contributed by atoms with E-state index in [1.165, 1.54) is 140 Å². The number of benzene rings is 6. The Morgan fingerprint density at radius 2 is 0.985 bits per heavy atom. The van der Waals surface area contributed by atoms with E-state index in [1.54, 1.807) is 0 Å². The second-order valence-electron chi connectivity index (χ2n) is 26.2. The molecule has 3 aliphatic heterocycles. The van der Waals surface area contributed by atoms with E-state index < -0.39 is 0 Å². The molecule has 6 aromatic carbocycles. The molecule has 348 valence electrons. The molecule has 1 fully saturated rings. The van der Waals surface area contributed by atoms with E-state index in [1.807, 2.05) is 0 Å². The van der Waals surface area contributed by atoms with E-state index in [4.69, 9.17) is 0 Å². The molecule has 0 bridgehead atoms. The molecular weight excluding hydrogens is 822 g/mol. The van der Waals surface area contributed by atoms with Crippen LogP contribution in [-0.2, 0) is 32.5 Å². The van der Waals surface area contributed by atoms with Crippen LogP contribution in [0.15, 0.2) is 115 Å². The van der Waals surface area contributed by atoms with Gasteiger partial charge in [0.1, 0.15) is 0 Å². The number of para-hydroxylation sites is 2. The molecule has 0 saturated heterocycles. The van der Waals surface area contributed by atoms with Crippen LogP contribution in [0.2, 0.25) is 0 Å². The van der Waals surface area contributed by atoms with E-state index in [2.05, 4.69) is 220 Å². The minimum absolute atomic E-state index is 0.00381. The van der Waals surface area contributed by atoms with Crippen LogP contribution in [-0.4, -0.2) is 12.3 Å². The fourth-order valence-corrected chi connectivity index (χ4v) is 14.6. The zero-order chi connectivity index (χ0) is 47.7. The lowest BCUT2D eigenvalue weighted by Gasteiger charge is -2.51. The predicted octanol–water partition coefficient (Wildman–Crippen LogP) is 15.5. The molecule has 3 nitrogen and oxygen atoms in total. The molecule has 1 saturated carbocycles. The summed E-state index contributed by atoms with van der Waals surface area (Å²) in [6.45, 7) is 32.3. The Balaban J connectivity index is 1.22. The Bertz CT molecular complexity index is 3070. The van der Waals surface area contributed by atoms with Crippen LogP contribution in [0.4, 0.5) is 45.5 Å². The molecule has 0 spiro atoms. The van der Waals surface area contributed by atoms with Gasteiger partial charge in [0.2, 0.25) is 0 Å². The van der Waals surface area contributed by atoms with Crippen LogP contribution >= 0.6 is 0 Å².